The summed E-state index contributed by atoms with van der Waals surface area (Å²) in [5, 5.41) is 4.76. The van der Waals surface area contributed by atoms with Gasteiger partial charge in [0.25, 0.3) is 0 Å². The van der Waals surface area contributed by atoms with E-state index >= 15 is 0 Å². The maximum Gasteiger partial charge on any atom is 0.0470 e. The summed E-state index contributed by atoms with van der Waals surface area (Å²) in [5.74, 6) is 0.551. The van der Waals surface area contributed by atoms with Crippen LogP contribution in [0.25, 0.3) is 0 Å². The van der Waals surface area contributed by atoms with Gasteiger partial charge < -0.3 is 5.32 Å². The zero-order valence-electron chi connectivity index (χ0n) is 12.0. The molecule has 0 aromatic heterocycles. The molecule has 0 bridgehead atoms. The molecule has 1 N–H and O–H groups in total. The van der Waals surface area contributed by atoms with E-state index in [2.05, 4.69) is 44.3 Å². The van der Waals surface area contributed by atoms with Gasteiger partial charge in [-0.1, -0.05) is 49.2 Å². The Balaban J connectivity index is 2.09. The minimum atomic E-state index is 0.551. The molecule has 0 radical (unpaired) electrons. The second-order valence-corrected chi connectivity index (χ2v) is 6.16. The summed E-state index contributed by atoms with van der Waals surface area (Å²) in [4.78, 5) is 0. The van der Waals surface area contributed by atoms with Crippen molar-refractivity contribution < 1.29 is 0 Å². The molecule has 0 aliphatic heterocycles. The predicted octanol–water partition coefficient (Wildman–Crippen LogP) is 6.04. The number of benzene rings is 2. The van der Waals surface area contributed by atoms with Crippen molar-refractivity contribution in [1.82, 2.24) is 0 Å². The van der Waals surface area contributed by atoms with Gasteiger partial charge in [0.2, 0.25) is 0 Å². The molecule has 2 rings (SSSR count). The van der Waals surface area contributed by atoms with Crippen LogP contribution in [0, 0.1) is 6.92 Å². The molecule has 0 heterocycles. The lowest BCUT2D eigenvalue weighted by molar-refractivity contribution is 0.856. The van der Waals surface area contributed by atoms with E-state index in [4.69, 9.17) is 23.2 Å². The van der Waals surface area contributed by atoms with Crippen molar-refractivity contribution in [2.24, 2.45) is 0 Å². The zero-order chi connectivity index (χ0) is 14.7. The number of hydrogen-bond donors (Lipinski definition) is 1. The fraction of sp³-hybridized carbons (Fsp3) is 0.294. The zero-order valence-corrected chi connectivity index (χ0v) is 13.5. The fourth-order valence-electron chi connectivity index (χ4n) is 2.30. The van der Waals surface area contributed by atoms with Gasteiger partial charge >= 0.3 is 0 Å². The molecule has 0 aliphatic carbocycles. The first kappa shape index (κ1) is 15.2. The molecular weight excluding hydrogens is 289 g/mol. The lowest BCUT2D eigenvalue weighted by Gasteiger charge is -2.13. The Morgan fingerprint density at radius 1 is 1.05 bits per heavy atom. The van der Waals surface area contributed by atoms with Gasteiger partial charge in [-0.05, 0) is 53.8 Å². The molecule has 0 saturated carbocycles. The summed E-state index contributed by atoms with van der Waals surface area (Å²) in [5.41, 5.74) is 4.85. The molecule has 1 nitrogen and oxygen atoms in total. The van der Waals surface area contributed by atoms with Crippen molar-refractivity contribution in [3.05, 3.63) is 63.1 Å². The smallest absolute Gasteiger partial charge is 0.0470 e. The van der Waals surface area contributed by atoms with Crippen LogP contribution in [0.5, 0.6) is 0 Å². The second-order valence-electron chi connectivity index (χ2n) is 5.32. The standard InChI is InChI=1S/C17H19Cl2N/c1-11(2)16-7-6-15(8-12(16)3)20-10-13-4-5-14(18)9-17(13)19/h4-9,11,20H,10H2,1-3H3. The third kappa shape index (κ3) is 3.68. The van der Waals surface area contributed by atoms with E-state index in [-0.39, 0.29) is 0 Å². The first-order valence-corrected chi connectivity index (χ1v) is 7.51. The minimum absolute atomic E-state index is 0.551. The average molecular weight is 308 g/mol. The normalized spacial score (nSPS) is 10.9. The molecule has 2 aromatic carbocycles. The number of aryl methyl sites for hydroxylation is 1. The first-order valence-electron chi connectivity index (χ1n) is 6.75. The fourth-order valence-corrected chi connectivity index (χ4v) is 2.77. The molecule has 0 amide bonds. The van der Waals surface area contributed by atoms with E-state index in [0.717, 1.165) is 11.3 Å². The third-order valence-electron chi connectivity index (χ3n) is 3.39. The Kier molecular flexibility index (Phi) is 4.95. The van der Waals surface area contributed by atoms with Crippen molar-refractivity contribution in [3.63, 3.8) is 0 Å². The van der Waals surface area contributed by atoms with Crippen LogP contribution >= 0.6 is 23.2 Å². The molecule has 0 aliphatic rings. The maximum atomic E-state index is 6.17. The van der Waals surface area contributed by atoms with Gasteiger partial charge in [-0.25, -0.2) is 0 Å². The van der Waals surface area contributed by atoms with Gasteiger partial charge in [0.1, 0.15) is 0 Å². The summed E-state index contributed by atoms with van der Waals surface area (Å²) in [6, 6.07) is 12.1. The number of hydrogen-bond acceptors (Lipinski definition) is 1. The SMILES string of the molecule is Cc1cc(NCc2ccc(Cl)cc2Cl)ccc1C(C)C. The van der Waals surface area contributed by atoms with Crippen molar-refractivity contribution in [1.29, 1.82) is 0 Å². The molecular formula is C17H19Cl2N. The number of halogens is 2. The van der Waals surface area contributed by atoms with Crippen LogP contribution in [-0.2, 0) is 6.54 Å². The van der Waals surface area contributed by atoms with Crippen molar-refractivity contribution >= 4 is 28.9 Å². The lowest BCUT2D eigenvalue weighted by atomic mass is 9.98. The highest BCUT2D eigenvalue weighted by Crippen LogP contribution is 2.24. The molecule has 0 unspecified atom stereocenters. The Hall–Kier alpha value is -1.18. The van der Waals surface area contributed by atoms with Crippen LogP contribution in [0.1, 0.15) is 36.5 Å². The first-order chi connectivity index (χ1) is 9.47. The van der Waals surface area contributed by atoms with Gasteiger partial charge in [0.05, 0.1) is 0 Å². The third-order valence-corrected chi connectivity index (χ3v) is 3.98. The quantitative estimate of drug-likeness (QED) is 0.726. The van der Waals surface area contributed by atoms with Crippen LogP contribution in [0.2, 0.25) is 10.0 Å². The highest BCUT2D eigenvalue weighted by Gasteiger charge is 2.05. The van der Waals surface area contributed by atoms with Crippen molar-refractivity contribution in [2.75, 3.05) is 5.32 Å². The van der Waals surface area contributed by atoms with Crippen molar-refractivity contribution in [3.8, 4) is 0 Å². The number of anilines is 1. The Morgan fingerprint density at radius 2 is 1.80 bits per heavy atom. The van der Waals surface area contributed by atoms with E-state index in [1.165, 1.54) is 11.1 Å². The monoisotopic (exact) mass is 307 g/mol. The molecule has 20 heavy (non-hydrogen) atoms. The van der Waals surface area contributed by atoms with Gasteiger partial charge in [-0.15, -0.1) is 0 Å². The topological polar surface area (TPSA) is 12.0 Å². The molecule has 0 atom stereocenters. The van der Waals surface area contributed by atoms with Crippen LogP contribution in [-0.4, -0.2) is 0 Å². The van der Waals surface area contributed by atoms with E-state index in [1.54, 1.807) is 6.07 Å². The molecule has 0 saturated heterocycles. The van der Waals surface area contributed by atoms with Crippen LogP contribution in [0.15, 0.2) is 36.4 Å². The van der Waals surface area contributed by atoms with E-state index in [0.29, 0.717) is 22.5 Å². The summed E-state index contributed by atoms with van der Waals surface area (Å²) in [7, 11) is 0. The van der Waals surface area contributed by atoms with Gasteiger partial charge in [0.15, 0.2) is 0 Å². The predicted molar refractivity (Wildman–Crippen MR) is 89.1 cm³/mol. The number of nitrogens with one attached hydrogen (secondary N) is 1. The molecule has 3 heteroatoms. The van der Waals surface area contributed by atoms with Crippen LogP contribution < -0.4 is 5.32 Å². The lowest BCUT2D eigenvalue weighted by Crippen LogP contribution is -2.01. The Morgan fingerprint density at radius 3 is 2.40 bits per heavy atom. The minimum Gasteiger partial charge on any atom is -0.381 e. The largest absolute Gasteiger partial charge is 0.381 e. The summed E-state index contributed by atoms with van der Waals surface area (Å²) < 4.78 is 0. The average Bonchev–Trinajstić information content (AvgIpc) is 2.37. The molecule has 106 valence electrons. The van der Waals surface area contributed by atoms with Gasteiger partial charge in [-0.3, -0.25) is 0 Å². The van der Waals surface area contributed by atoms with Crippen molar-refractivity contribution in [2.45, 2.75) is 33.2 Å². The van der Waals surface area contributed by atoms with E-state index < -0.39 is 0 Å². The second kappa shape index (κ2) is 6.51. The van der Waals surface area contributed by atoms with Crippen LogP contribution in [0.3, 0.4) is 0 Å². The Bertz CT molecular complexity index is 606. The summed E-state index contributed by atoms with van der Waals surface area (Å²) >= 11 is 12.1. The molecule has 2 aromatic rings. The van der Waals surface area contributed by atoms with Gasteiger partial charge in [0, 0.05) is 22.3 Å². The summed E-state index contributed by atoms with van der Waals surface area (Å²) in [6.45, 7) is 7.26. The summed E-state index contributed by atoms with van der Waals surface area (Å²) in [6.07, 6.45) is 0. The molecule has 0 spiro atoms. The molecule has 0 fully saturated rings. The highest BCUT2D eigenvalue weighted by atomic mass is 35.5. The Labute approximate surface area is 130 Å². The maximum absolute atomic E-state index is 6.17. The van der Waals surface area contributed by atoms with E-state index in [9.17, 15) is 0 Å². The van der Waals surface area contributed by atoms with E-state index in [1.807, 2.05) is 12.1 Å². The van der Waals surface area contributed by atoms with Crippen LogP contribution in [0.4, 0.5) is 5.69 Å². The highest BCUT2D eigenvalue weighted by molar-refractivity contribution is 6.35. The van der Waals surface area contributed by atoms with Gasteiger partial charge in [-0.2, -0.15) is 0 Å². The number of rotatable bonds is 4.